The molecule has 0 bridgehead atoms. The highest BCUT2D eigenvalue weighted by Crippen LogP contribution is 2.30. The SMILES string of the molecule is CCCCCCCOc1ccc(C2=CNC(c3ccc(C[C@H](NC(=O)c4ccc(C(C)(C)C)s4)C(=O)NC4CC(N)C4)cc3)N=C2)cc1. The zero-order valence-electron chi connectivity index (χ0n) is 28.8. The number of ether oxygens (including phenoxy) is 1. The van der Waals surface area contributed by atoms with Crippen molar-refractivity contribution in [1.82, 2.24) is 16.0 Å². The molecule has 2 atom stereocenters. The maximum Gasteiger partial charge on any atom is 0.262 e. The van der Waals surface area contributed by atoms with Crippen molar-refractivity contribution in [1.29, 1.82) is 0 Å². The second kappa shape index (κ2) is 16.4. The molecule has 2 amide bonds. The van der Waals surface area contributed by atoms with Crippen LogP contribution in [0.5, 0.6) is 5.75 Å². The summed E-state index contributed by atoms with van der Waals surface area (Å²) in [5, 5.41) is 9.50. The Morgan fingerprint density at radius 3 is 2.35 bits per heavy atom. The number of carbonyl (C=O) groups excluding carboxylic acids is 2. The van der Waals surface area contributed by atoms with Crippen LogP contribution in [-0.2, 0) is 16.6 Å². The lowest BCUT2D eigenvalue weighted by Crippen LogP contribution is -2.56. The Kier molecular flexibility index (Phi) is 12.1. The number of hydrogen-bond donors (Lipinski definition) is 4. The Bertz CT molecular complexity index is 1570. The number of allylic oxidation sites excluding steroid dienone is 1. The van der Waals surface area contributed by atoms with E-state index in [9.17, 15) is 9.59 Å². The Labute approximate surface area is 289 Å². The number of nitrogens with zero attached hydrogens (tertiary/aromatic N) is 1. The van der Waals surface area contributed by atoms with E-state index in [1.807, 2.05) is 60.9 Å². The fourth-order valence-corrected chi connectivity index (χ4v) is 6.81. The van der Waals surface area contributed by atoms with Crippen LogP contribution in [-0.4, -0.2) is 42.8 Å². The first kappa shape index (κ1) is 35.4. The molecule has 2 aromatic carbocycles. The fourth-order valence-electron chi connectivity index (χ4n) is 5.84. The van der Waals surface area contributed by atoms with Crippen molar-refractivity contribution in [3.8, 4) is 5.75 Å². The van der Waals surface area contributed by atoms with Gasteiger partial charge in [0.15, 0.2) is 0 Å². The molecule has 2 heterocycles. The van der Waals surface area contributed by atoms with Gasteiger partial charge in [0.25, 0.3) is 5.91 Å². The molecular weight excluding hydrogens is 619 g/mol. The van der Waals surface area contributed by atoms with Gasteiger partial charge in [-0.25, -0.2) is 0 Å². The monoisotopic (exact) mass is 669 g/mol. The highest BCUT2D eigenvalue weighted by molar-refractivity contribution is 7.14. The molecule has 5 rings (SSSR count). The van der Waals surface area contributed by atoms with Gasteiger partial charge in [-0.15, -0.1) is 11.3 Å². The summed E-state index contributed by atoms with van der Waals surface area (Å²) in [6.07, 6.45) is 11.7. The van der Waals surface area contributed by atoms with E-state index < -0.39 is 6.04 Å². The third-order valence-corrected chi connectivity index (χ3v) is 10.4. The highest BCUT2D eigenvalue weighted by Gasteiger charge is 2.31. The summed E-state index contributed by atoms with van der Waals surface area (Å²) in [7, 11) is 0. The predicted molar refractivity (Wildman–Crippen MR) is 197 cm³/mol. The Hall–Kier alpha value is -3.95. The molecular formula is C39H51N5O3S. The minimum absolute atomic E-state index is 0.0486. The number of thiophene rings is 1. The van der Waals surface area contributed by atoms with Crippen molar-refractivity contribution in [2.75, 3.05) is 6.61 Å². The van der Waals surface area contributed by atoms with Crippen LogP contribution in [0.25, 0.3) is 5.57 Å². The van der Waals surface area contributed by atoms with Crippen LogP contribution in [0.4, 0.5) is 0 Å². The van der Waals surface area contributed by atoms with E-state index in [0.29, 0.717) is 11.3 Å². The molecule has 1 aromatic heterocycles. The molecule has 9 heteroatoms. The minimum Gasteiger partial charge on any atom is -0.494 e. The molecule has 48 heavy (non-hydrogen) atoms. The summed E-state index contributed by atoms with van der Waals surface area (Å²) in [6, 6.07) is 19.5. The van der Waals surface area contributed by atoms with Gasteiger partial charge in [-0.3, -0.25) is 14.6 Å². The fraction of sp³-hybridized carbons (Fsp3) is 0.462. The van der Waals surface area contributed by atoms with E-state index in [0.717, 1.165) is 58.8 Å². The van der Waals surface area contributed by atoms with Gasteiger partial charge in [0, 0.05) is 41.4 Å². The average Bonchev–Trinajstić information content (AvgIpc) is 3.58. The van der Waals surface area contributed by atoms with Crippen LogP contribution in [0.15, 0.2) is 71.9 Å². The van der Waals surface area contributed by atoms with Gasteiger partial charge in [0.1, 0.15) is 18.0 Å². The topological polar surface area (TPSA) is 118 Å². The molecule has 256 valence electrons. The number of amides is 2. The third-order valence-electron chi connectivity index (χ3n) is 8.91. The van der Waals surface area contributed by atoms with Crippen LogP contribution in [0.1, 0.15) is 110 Å². The number of rotatable bonds is 15. The number of aliphatic imine (C=N–C) groups is 1. The number of unbranched alkanes of at least 4 members (excludes halogenated alkanes) is 4. The summed E-state index contributed by atoms with van der Waals surface area (Å²) in [6.45, 7) is 9.35. The normalized spacial score (nSPS) is 19.4. The number of nitrogens with two attached hydrogens (primary N) is 1. The smallest absolute Gasteiger partial charge is 0.262 e. The van der Waals surface area contributed by atoms with Crippen molar-refractivity contribution in [3.63, 3.8) is 0 Å². The van der Waals surface area contributed by atoms with E-state index in [4.69, 9.17) is 15.5 Å². The lowest BCUT2D eigenvalue weighted by Gasteiger charge is -2.34. The van der Waals surface area contributed by atoms with E-state index >= 15 is 0 Å². The van der Waals surface area contributed by atoms with Crippen molar-refractivity contribution >= 4 is 34.9 Å². The van der Waals surface area contributed by atoms with Gasteiger partial charge < -0.3 is 26.4 Å². The van der Waals surface area contributed by atoms with Gasteiger partial charge in [-0.05, 0) is 65.6 Å². The molecule has 1 unspecified atom stereocenters. The standard InChI is InChI=1S/C39H51N5O3S/c1-5-6-7-8-9-20-47-32-16-14-27(15-17-32)29-24-41-36(42-25-29)28-12-10-26(11-13-28)21-33(37(45)43-31-22-30(40)23-31)44-38(46)34-18-19-35(48-34)39(2,3)4/h10-19,24-25,30-31,33,36,41H,5-9,20-23,40H2,1-4H3,(H,43,45)(H,44,46)/t30?,31?,33-,36?/m0/s1. The zero-order chi connectivity index (χ0) is 34.1. The molecule has 1 aliphatic heterocycles. The molecule has 8 nitrogen and oxygen atoms in total. The summed E-state index contributed by atoms with van der Waals surface area (Å²) >= 11 is 1.47. The first-order valence-electron chi connectivity index (χ1n) is 17.4. The number of nitrogens with one attached hydrogen (secondary N) is 3. The Morgan fingerprint density at radius 2 is 1.73 bits per heavy atom. The first-order chi connectivity index (χ1) is 23.1. The lowest BCUT2D eigenvalue weighted by molar-refractivity contribution is -0.124. The van der Waals surface area contributed by atoms with E-state index in [2.05, 4.69) is 55.8 Å². The molecule has 5 N–H and O–H groups in total. The van der Waals surface area contributed by atoms with Gasteiger partial charge in [-0.1, -0.05) is 89.8 Å². The second-order valence-electron chi connectivity index (χ2n) is 14.1. The van der Waals surface area contributed by atoms with Gasteiger partial charge in [0.2, 0.25) is 5.91 Å². The Balaban J connectivity index is 1.16. The van der Waals surface area contributed by atoms with Crippen LogP contribution in [0.2, 0.25) is 0 Å². The largest absolute Gasteiger partial charge is 0.494 e. The molecule has 3 aromatic rings. The van der Waals surface area contributed by atoms with E-state index in [1.165, 1.54) is 37.0 Å². The molecule has 2 aliphatic rings. The summed E-state index contributed by atoms with van der Waals surface area (Å²) < 4.78 is 5.91. The molecule has 1 fully saturated rings. The summed E-state index contributed by atoms with van der Waals surface area (Å²) in [4.78, 5) is 33.1. The van der Waals surface area contributed by atoms with Gasteiger partial charge in [0.05, 0.1) is 11.5 Å². The number of carbonyl (C=O) groups is 2. The summed E-state index contributed by atoms with van der Waals surface area (Å²) in [5.74, 6) is 0.470. The van der Waals surface area contributed by atoms with Crippen molar-refractivity contribution < 1.29 is 14.3 Å². The van der Waals surface area contributed by atoms with E-state index in [1.54, 1.807) is 0 Å². The lowest BCUT2D eigenvalue weighted by atomic mass is 9.87. The average molecular weight is 670 g/mol. The highest BCUT2D eigenvalue weighted by atomic mass is 32.1. The molecule has 0 spiro atoms. The van der Waals surface area contributed by atoms with Crippen LogP contribution < -0.4 is 26.4 Å². The minimum atomic E-state index is -0.709. The summed E-state index contributed by atoms with van der Waals surface area (Å²) in [5.41, 5.74) is 9.93. The molecule has 1 aliphatic carbocycles. The predicted octanol–water partition coefficient (Wildman–Crippen LogP) is 7.06. The maximum absolute atomic E-state index is 13.4. The quantitative estimate of drug-likeness (QED) is 0.129. The molecule has 0 saturated heterocycles. The van der Waals surface area contributed by atoms with Gasteiger partial charge in [-0.2, -0.15) is 0 Å². The van der Waals surface area contributed by atoms with Gasteiger partial charge >= 0.3 is 0 Å². The molecule has 1 saturated carbocycles. The van der Waals surface area contributed by atoms with Crippen LogP contribution in [0, 0.1) is 0 Å². The second-order valence-corrected chi connectivity index (χ2v) is 15.1. The first-order valence-corrected chi connectivity index (χ1v) is 18.2. The van der Waals surface area contributed by atoms with Crippen molar-refractivity contribution in [3.05, 3.63) is 93.3 Å². The van der Waals surface area contributed by atoms with E-state index in [-0.39, 0.29) is 35.5 Å². The van der Waals surface area contributed by atoms with Crippen LogP contribution >= 0.6 is 11.3 Å². The van der Waals surface area contributed by atoms with Crippen molar-refractivity contribution in [2.45, 2.75) is 109 Å². The number of benzene rings is 2. The van der Waals surface area contributed by atoms with Crippen LogP contribution in [0.3, 0.4) is 0 Å². The third kappa shape index (κ3) is 9.80. The number of hydrogen-bond acceptors (Lipinski definition) is 7. The molecule has 0 radical (unpaired) electrons. The maximum atomic E-state index is 13.4. The zero-order valence-corrected chi connectivity index (χ0v) is 29.6. The Morgan fingerprint density at radius 1 is 1.00 bits per heavy atom. The van der Waals surface area contributed by atoms with Crippen molar-refractivity contribution in [2.24, 2.45) is 10.7 Å².